The Hall–Kier alpha value is -0.340. The second-order valence-electron chi connectivity index (χ2n) is 4.84. The van der Waals surface area contributed by atoms with Crippen molar-refractivity contribution in [1.82, 2.24) is 4.31 Å². The van der Waals surface area contributed by atoms with Crippen molar-refractivity contribution in [2.45, 2.75) is 37.6 Å². The summed E-state index contributed by atoms with van der Waals surface area (Å²) in [7, 11) is -3.61. The average Bonchev–Trinajstić information content (AvgIpc) is 2.93. The van der Waals surface area contributed by atoms with Crippen LogP contribution in [-0.2, 0) is 16.6 Å². The molecule has 0 N–H and O–H groups in total. The fourth-order valence-electron chi connectivity index (χ4n) is 1.84. The molecule has 0 radical (unpaired) electrons. The quantitative estimate of drug-likeness (QED) is 0.717. The molecule has 0 aliphatic carbocycles. The molecule has 116 valence electrons. The molecule has 0 saturated heterocycles. The fraction of sp³-hybridized carbons (Fsp3) is 0.385. The van der Waals surface area contributed by atoms with Crippen LogP contribution in [0.15, 0.2) is 30.6 Å². The van der Waals surface area contributed by atoms with E-state index in [4.69, 9.17) is 16.0 Å². The minimum absolute atomic E-state index is 0.194. The maximum atomic E-state index is 12.8. The van der Waals surface area contributed by atoms with Crippen LogP contribution < -0.4 is 0 Å². The van der Waals surface area contributed by atoms with Gasteiger partial charge in [0.15, 0.2) is 0 Å². The van der Waals surface area contributed by atoms with Gasteiger partial charge in [0, 0.05) is 6.04 Å². The maximum absolute atomic E-state index is 12.8. The summed E-state index contributed by atoms with van der Waals surface area (Å²) in [4.78, 5) is 0. The first-order chi connectivity index (χ1) is 9.71. The molecule has 0 unspecified atom stereocenters. The molecular weight excluding hydrogens is 398 g/mol. The van der Waals surface area contributed by atoms with E-state index in [0.29, 0.717) is 14.6 Å². The molecule has 8 heteroatoms. The van der Waals surface area contributed by atoms with E-state index in [1.807, 2.05) is 26.8 Å². The molecule has 2 heterocycles. The summed E-state index contributed by atoms with van der Waals surface area (Å²) in [5.41, 5.74) is 0. The van der Waals surface area contributed by atoms with Crippen molar-refractivity contribution < 1.29 is 12.8 Å². The van der Waals surface area contributed by atoms with Crippen molar-refractivity contribution in [1.29, 1.82) is 0 Å². The van der Waals surface area contributed by atoms with Crippen molar-refractivity contribution in [3.8, 4) is 0 Å². The highest BCUT2D eigenvalue weighted by Gasteiger charge is 2.30. The van der Waals surface area contributed by atoms with E-state index >= 15 is 0 Å². The first-order valence-corrected chi connectivity index (χ1v) is 9.66. The van der Waals surface area contributed by atoms with Gasteiger partial charge >= 0.3 is 0 Å². The summed E-state index contributed by atoms with van der Waals surface area (Å²) in [6.07, 6.45) is 0. The first kappa shape index (κ1) is 17.0. The molecule has 0 aliphatic heterocycles. The number of sulfonamides is 1. The lowest BCUT2D eigenvalue weighted by Gasteiger charge is -2.24. The Morgan fingerprint density at radius 1 is 1.43 bits per heavy atom. The SMILES string of the molecule is Cc1ccc(CN(C(C)C)S(=O)(=O)c2cc(Cl)c(Br)s2)o1. The lowest BCUT2D eigenvalue weighted by molar-refractivity contribution is 0.315. The van der Waals surface area contributed by atoms with Gasteiger partial charge in [-0.05, 0) is 54.9 Å². The lowest BCUT2D eigenvalue weighted by atomic mass is 10.3. The molecule has 0 saturated carbocycles. The van der Waals surface area contributed by atoms with E-state index in [2.05, 4.69) is 15.9 Å². The van der Waals surface area contributed by atoms with E-state index in [-0.39, 0.29) is 16.8 Å². The van der Waals surface area contributed by atoms with Gasteiger partial charge < -0.3 is 4.42 Å². The van der Waals surface area contributed by atoms with Crippen molar-refractivity contribution in [2.24, 2.45) is 0 Å². The van der Waals surface area contributed by atoms with Gasteiger partial charge in [-0.15, -0.1) is 11.3 Å². The van der Waals surface area contributed by atoms with Gasteiger partial charge in [0.25, 0.3) is 10.0 Å². The summed E-state index contributed by atoms with van der Waals surface area (Å²) >= 11 is 10.3. The molecule has 0 spiro atoms. The first-order valence-electron chi connectivity index (χ1n) is 6.24. The van der Waals surface area contributed by atoms with Crippen LogP contribution in [0, 0.1) is 6.92 Å². The number of aryl methyl sites for hydroxylation is 1. The predicted octanol–water partition coefficient (Wildman–Crippen LogP) is 4.66. The molecule has 2 aromatic rings. The van der Waals surface area contributed by atoms with Crippen LogP contribution in [0.5, 0.6) is 0 Å². The summed E-state index contributed by atoms with van der Waals surface area (Å²) < 4.78 is 33.3. The van der Waals surface area contributed by atoms with Crippen LogP contribution >= 0.6 is 38.9 Å². The van der Waals surface area contributed by atoms with Crippen LogP contribution in [0.1, 0.15) is 25.4 Å². The minimum atomic E-state index is -3.61. The molecule has 21 heavy (non-hydrogen) atoms. The van der Waals surface area contributed by atoms with E-state index in [1.54, 1.807) is 6.07 Å². The summed E-state index contributed by atoms with van der Waals surface area (Å²) in [5.74, 6) is 1.37. The minimum Gasteiger partial charge on any atom is -0.465 e. The molecule has 0 amide bonds. The number of furan rings is 1. The van der Waals surface area contributed by atoms with Gasteiger partial charge in [-0.3, -0.25) is 0 Å². The fourth-order valence-corrected chi connectivity index (χ4v) is 5.97. The second-order valence-corrected chi connectivity index (χ2v) is 9.74. The van der Waals surface area contributed by atoms with Crippen LogP contribution in [0.3, 0.4) is 0 Å². The molecule has 0 bridgehead atoms. The number of halogens is 2. The topological polar surface area (TPSA) is 50.5 Å². The number of thiophene rings is 1. The normalized spacial score (nSPS) is 12.5. The van der Waals surface area contributed by atoms with Crippen molar-refractivity contribution >= 4 is 48.9 Å². The molecular formula is C13H15BrClNO3S2. The Morgan fingerprint density at radius 3 is 2.52 bits per heavy atom. The Labute approximate surface area is 141 Å². The predicted molar refractivity (Wildman–Crippen MR) is 88.3 cm³/mol. The third kappa shape index (κ3) is 3.71. The zero-order valence-corrected chi connectivity index (χ0v) is 15.7. The van der Waals surface area contributed by atoms with E-state index in [1.165, 1.54) is 10.4 Å². The summed E-state index contributed by atoms with van der Waals surface area (Å²) in [6.45, 7) is 5.68. The van der Waals surface area contributed by atoms with Gasteiger partial charge in [0.05, 0.1) is 15.4 Å². The highest BCUT2D eigenvalue weighted by molar-refractivity contribution is 9.11. The maximum Gasteiger partial charge on any atom is 0.253 e. The van der Waals surface area contributed by atoms with Crippen LogP contribution in [0.25, 0.3) is 0 Å². The van der Waals surface area contributed by atoms with Gasteiger partial charge in [-0.25, -0.2) is 8.42 Å². The number of rotatable bonds is 5. The third-order valence-corrected chi connectivity index (χ3v) is 7.81. The number of hydrogen-bond donors (Lipinski definition) is 0. The smallest absolute Gasteiger partial charge is 0.253 e. The molecule has 0 aromatic carbocycles. The molecule has 2 aromatic heterocycles. The van der Waals surface area contributed by atoms with Crippen molar-refractivity contribution in [3.63, 3.8) is 0 Å². The highest BCUT2D eigenvalue weighted by Crippen LogP contribution is 2.36. The average molecular weight is 413 g/mol. The number of hydrogen-bond acceptors (Lipinski definition) is 4. The van der Waals surface area contributed by atoms with Crippen molar-refractivity contribution in [2.75, 3.05) is 0 Å². The van der Waals surface area contributed by atoms with Crippen LogP contribution in [0.2, 0.25) is 5.02 Å². The third-order valence-electron chi connectivity index (χ3n) is 2.87. The van der Waals surface area contributed by atoms with Crippen molar-refractivity contribution in [3.05, 3.63) is 38.5 Å². The van der Waals surface area contributed by atoms with E-state index in [0.717, 1.165) is 17.1 Å². The van der Waals surface area contributed by atoms with Gasteiger partial charge in [0.2, 0.25) is 0 Å². The highest BCUT2D eigenvalue weighted by atomic mass is 79.9. The zero-order valence-electron chi connectivity index (χ0n) is 11.8. The molecule has 0 aliphatic rings. The lowest BCUT2D eigenvalue weighted by Crippen LogP contribution is -2.35. The van der Waals surface area contributed by atoms with Gasteiger partial charge in [-0.1, -0.05) is 11.6 Å². The Bertz CT molecular complexity index is 717. The molecule has 0 fully saturated rings. The number of nitrogens with zero attached hydrogens (tertiary/aromatic N) is 1. The summed E-state index contributed by atoms with van der Waals surface area (Å²) in [5, 5.41) is 0.399. The molecule has 2 rings (SSSR count). The Morgan fingerprint density at radius 2 is 2.10 bits per heavy atom. The van der Waals surface area contributed by atoms with Gasteiger partial charge in [0.1, 0.15) is 15.7 Å². The van der Waals surface area contributed by atoms with Crippen LogP contribution in [-0.4, -0.2) is 18.8 Å². The van der Waals surface area contributed by atoms with E-state index < -0.39 is 10.0 Å². The molecule has 0 atom stereocenters. The second kappa shape index (κ2) is 6.42. The molecule has 4 nitrogen and oxygen atoms in total. The Kier molecular flexibility index (Phi) is 5.20. The zero-order chi connectivity index (χ0) is 15.8. The summed E-state index contributed by atoms with van der Waals surface area (Å²) in [6, 6.07) is 4.88. The van der Waals surface area contributed by atoms with E-state index in [9.17, 15) is 8.42 Å². The largest absolute Gasteiger partial charge is 0.465 e. The standard InChI is InChI=1S/C13H15BrClNO3S2/c1-8(2)16(7-10-5-4-9(3)19-10)21(17,18)12-6-11(15)13(14)20-12/h4-6,8H,7H2,1-3H3. The Balaban J connectivity index is 2.36. The van der Waals surface area contributed by atoms with Gasteiger partial charge in [-0.2, -0.15) is 4.31 Å². The van der Waals surface area contributed by atoms with Crippen LogP contribution in [0.4, 0.5) is 0 Å². The monoisotopic (exact) mass is 411 g/mol.